The molecule has 3 aromatic heterocycles. The molecule has 3 heterocycles. The van der Waals surface area contributed by atoms with Gasteiger partial charge >= 0.3 is 5.56 Å². The first-order valence-corrected chi connectivity index (χ1v) is 10.7. The maximum absolute atomic E-state index is 13.3. The average Bonchev–Trinajstić information content (AvgIpc) is 3.21. The number of imidazole rings is 1. The number of benzene rings is 2. The van der Waals surface area contributed by atoms with Gasteiger partial charge in [0.25, 0.3) is 0 Å². The van der Waals surface area contributed by atoms with Crippen LogP contribution in [0.25, 0.3) is 11.2 Å². The summed E-state index contributed by atoms with van der Waals surface area (Å²) in [4.78, 5) is 24.9. The number of halogens is 2. The quantitative estimate of drug-likeness (QED) is 0.351. The molecular weight excluding hydrogens is 459 g/mol. The Labute approximate surface area is 198 Å². The van der Waals surface area contributed by atoms with Gasteiger partial charge in [-0.2, -0.15) is 9.37 Å². The van der Waals surface area contributed by atoms with Crippen molar-refractivity contribution in [1.29, 1.82) is 0 Å². The van der Waals surface area contributed by atoms with Crippen molar-refractivity contribution in [2.75, 3.05) is 5.32 Å². The fourth-order valence-corrected chi connectivity index (χ4v) is 3.63. The van der Waals surface area contributed by atoms with Gasteiger partial charge in [-0.3, -0.25) is 9.36 Å². The SMILES string of the molecule is Cn1cnc2c1c(=O)nc(Nc1ccc(Oc3ccnc(F)c3)cc1)n2Cc1ccc(Cl)cc1. The van der Waals surface area contributed by atoms with Gasteiger partial charge in [-0.05, 0) is 48.0 Å². The van der Waals surface area contributed by atoms with Crippen LogP contribution >= 0.6 is 11.6 Å². The van der Waals surface area contributed by atoms with E-state index in [1.165, 1.54) is 12.3 Å². The molecule has 0 aliphatic rings. The summed E-state index contributed by atoms with van der Waals surface area (Å²) in [5, 5.41) is 3.84. The van der Waals surface area contributed by atoms with Crippen LogP contribution < -0.4 is 15.6 Å². The molecule has 170 valence electrons. The van der Waals surface area contributed by atoms with E-state index in [0.29, 0.717) is 45.9 Å². The molecule has 5 aromatic rings. The van der Waals surface area contributed by atoms with Gasteiger partial charge in [0.05, 0.1) is 12.9 Å². The molecule has 5 rings (SSSR count). The molecule has 34 heavy (non-hydrogen) atoms. The third-order valence-electron chi connectivity index (χ3n) is 5.14. The van der Waals surface area contributed by atoms with Gasteiger partial charge in [-0.1, -0.05) is 23.7 Å². The predicted molar refractivity (Wildman–Crippen MR) is 127 cm³/mol. The zero-order valence-electron chi connectivity index (χ0n) is 17.9. The van der Waals surface area contributed by atoms with Crippen LogP contribution in [-0.2, 0) is 13.6 Å². The Morgan fingerprint density at radius 3 is 2.53 bits per heavy atom. The number of hydrogen-bond donors (Lipinski definition) is 1. The molecule has 0 radical (unpaired) electrons. The Bertz CT molecular complexity index is 1530. The van der Waals surface area contributed by atoms with Gasteiger partial charge in [0.15, 0.2) is 11.2 Å². The van der Waals surface area contributed by atoms with Crippen molar-refractivity contribution in [1.82, 2.24) is 24.1 Å². The summed E-state index contributed by atoms with van der Waals surface area (Å²) in [7, 11) is 1.76. The van der Waals surface area contributed by atoms with Crippen LogP contribution in [0.5, 0.6) is 11.5 Å². The monoisotopic (exact) mass is 476 g/mol. The van der Waals surface area contributed by atoms with Crippen molar-refractivity contribution in [3.05, 3.63) is 100 Å². The van der Waals surface area contributed by atoms with Gasteiger partial charge in [0.1, 0.15) is 11.5 Å². The first kappa shape index (κ1) is 21.6. The second-order valence-electron chi connectivity index (χ2n) is 7.55. The number of hydrogen-bond acceptors (Lipinski definition) is 6. The lowest BCUT2D eigenvalue weighted by molar-refractivity contribution is 0.472. The summed E-state index contributed by atoms with van der Waals surface area (Å²) in [6.07, 6.45) is 2.92. The summed E-state index contributed by atoms with van der Waals surface area (Å²) >= 11 is 6.02. The number of nitrogens with one attached hydrogen (secondary N) is 1. The van der Waals surface area contributed by atoms with Gasteiger partial charge in [-0.25, -0.2) is 9.97 Å². The summed E-state index contributed by atoms with van der Waals surface area (Å²) in [5.74, 6) is 0.580. The summed E-state index contributed by atoms with van der Waals surface area (Å²) in [5.41, 5.74) is 2.19. The number of pyridine rings is 1. The minimum Gasteiger partial charge on any atom is -0.457 e. The van der Waals surface area contributed by atoms with Gasteiger partial charge in [0, 0.05) is 30.0 Å². The molecule has 0 fully saturated rings. The number of aryl methyl sites for hydroxylation is 1. The van der Waals surface area contributed by atoms with Crippen molar-refractivity contribution in [3.63, 3.8) is 0 Å². The molecule has 0 spiro atoms. The highest BCUT2D eigenvalue weighted by molar-refractivity contribution is 6.30. The molecule has 10 heteroatoms. The number of rotatable bonds is 6. The first-order valence-electron chi connectivity index (χ1n) is 10.3. The topological polar surface area (TPSA) is 86.9 Å². The normalized spacial score (nSPS) is 11.0. The van der Waals surface area contributed by atoms with Crippen molar-refractivity contribution in [2.45, 2.75) is 6.54 Å². The summed E-state index contributed by atoms with van der Waals surface area (Å²) < 4.78 is 22.4. The molecule has 0 aliphatic carbocycles. The van der Waals surface area contributed by atoms with Crippen LogP contribution in [0, 0.1) is 5.95 Å². The Hall–Kier alpha value is -4.24. The highest BCUT2D eigenvalue weighted by Gasteiger charge is 2.16. The Kier molecular flexibility index (Phi) is 5.69. The lowest BCUT2D eigenvalue weighted by Gasteiger charge is -2.15. The molecule has 0 unspecified atom stereocenters. The average molecular weight is 477 g/mol. The smallest absolute Gasteiger partial charge is 0.300 e. The fraction of sp³-hybridized carbons (Fsp3) is 0.0833. The number of ether oxygens (including phenoxy) is 1. The Morgan fingerprint density at radius 2 is 1.79 bits per heavy atom. The molecular formula is C24H18ClFN6O2. The van der Waals surface area contributed by atoms with Crippen LogP contribution in [0.3, 0.4) is 0 Å². The van der Waals surface area contributed by atoms with E-state index >= 15 is 0 Å². The maximum atomic E-state index is 13.3. The molecule has 8 nitrogen and oxygen atoms in total. The van der Waals surface area contributed by atoms with E-state index in [9.17, 15) is 9.18 Å². The van der Waals surface area contributed by atoms with Crippen molar-refractivity contribution in [2.24, 2.45) is 7.05 Å². The standard InChI is InChI=1S/C24H18ClFN6O2/c1-31-14-28-22-21(31)23(33)30-24(32(22)13-15-2-4-16(25)5-3-15)29-17-6-8-18(9-7-17)34-19-10-11-27-20(26)12-19/h2-12,14H,13H2,1H3,(H,29,30,33). The molecule has 0 aliphatic heterocycles. The summed E-state index contributed by atoms with van der Waals surface area (Å²) in [6.45, 7) is 0.426. The lowest BCUT2D eigenvalue weighted by Crippen LogP contribution is -2.19. The second kappa shape index (κ2) is 8.95. The van der Waals surface area contributed by atoms with Crippen molar-refractivity contribution < 1.29 is 9.13 Å². The number of nitrogens with zero attached hydrogens (tertiary/aromatic N) is 5. The highest BCUT2D eigenvalue weighted by atomic mass is 35.5. The number of aromatic nitrogens is 5. The predicted octanol–water partition coefficient (Wildman–Crippen LogP) is 4.90. The maximum Gasteiger partial charge on any atom is 0.300 e. The van der Waals surface area contributed by atoms with Gasteiger partial charge in [-0.15, -0.1) is 0 Å². The van der Waals surface area contributed by atoms with Crippen LogP contribution in [0.4, 0.5) is 16.0 Å². The fourth-order valence-electron chi connectivity index (χ4n) is 3.51. The van der Waals surface area contributed by atoms with Crippen LogP contribution in [0.15, 0.2) is 78.0 Å². The van der Waals surface area contributed by atoms with E-state index in [1.807, 2.05) is 28.8 Å². The molecule has 0 atom stereocenters. The largest absolute Gasteiger partial charge is 0.457 e. The summed E-state index contributed by atoms with van der Waals surface area (Å²) in [6, 6.07) is 17.2. The van der Waals surface area contributed by atoms with E-state index in [2.05, 4.69) is 20.3 Å². The van der Waals surface area contributed by atoms with Gasteiger partial charge < -0.3 is 14.6 Å². The van der Waals surface area contributed by atoms with E-state index in [1.54, 1.807) is 48.3 Å². The zero-order chi connectivity index (χ0) is 23.7. The third-order valence-corrected chi connectivity index (χ3v) is 5.39. The Balaban J connectivity index is 1.47. The van der Waals surface area contributed by atoms with Crippen LogP contribution in [0.2, 0.25) is 5.02 Å². The van der Waals surface area contributed by atoms with E-state index in [0.717, 1.165) is 5.56 Å². The minimum atomic E-state index is -0.620. The molecule has 0 saturated carbocycles. The molecule has 0 amide bonds. The number of fused-ring (bicyclic) bond motifs is 1. The van der Waals surface area contributed by atoms with Crippen LogP contribution in [0.1, 0.15) is 5.56 Å². The van der Waals surface area contributed by atoms with Crippen LogP contribution in [-0.4, -0.2) is 24.1 Å². The van der Waals surface area contributed by atoms with Gasteiger partial charge in [0.2, 0.25) is 11.9 Å². The molecule has 2 aromatic carbocycles. The van der Waals surface area contributed by atoms with E-state index in [4.69, 9.17) is 16.3 Å². The molecule has 1 N–H and O–H groups in total. The Morgan fingerprint density at radius 1 is 1.03 bits per heavy atom. The minimum absolute atomic E-state index is 0.340. The molecule has 0 bridgehead atoms. The van der Waals surface area contributed by atoms with Crippen molar-refractivity contribution >= 4 is 34.4 Å². The first-order chi connectivity index (χ1) is 16.5. The molecule has 0 saturated heterocycles. The lowest BCUT2D eigenvalue weighted by atomic mass is 10.2. The van der Waals surface area contributed by atoms with Crippen molar-refractivity contribution in [3.8, 4) is 11.5 Å². The highest BCUT2D eigenvalue weighted by Crippen LogP contribution is 2.25. The second-order valence-corrected chi connectivity index (χ2v) is 7.98. The van der Waals surface area contributed by atoms with E-state index < -0.39 is 5.95 Å². The third kappa shape index (κ3) is 4.46. The number of anilines is 2. The van der Waals surface area contributed by atoms with E-state index in [-0.39, 0.29) is 5.56 Å². The zero-order valence-corrected chi connectivity index (χ0v) is 18.7.